The lowest BCUT2D eigenvalue weighted by Gasteiger charge is -2.17. The Bertz CT molecular complexity index is 802. The first kappa shape index (κ1) is 17.5. The van der Waals surface area contributed by atoms with E-state index in [0.717, 1.165) is 41.4 Å². The number of aliphatic hydroxyl groups is 1. The third-order valence-electron chi connectivity index (χ3n) is 5.51. The lowest BCUT2D eigenvalue weighted by Crippen LogP contribution is -2.30. The molecule has 1 aliphatic heterocycles. The second kappa shape index (κ2) is 7.00. The normalized spacial score (nSPS) is 24.7. The molecule has 138 valence electrons. The highest BCUT2D eigenvalue weighted by Crippen LogP contribution is 2.39. The van der Waals surface area contributed by atoms with E-state index in [1.165, 1.54) is 11.3 Å². The molecule has 1 saturated carbocycles. The Hall–Kier alpha value is -1.92. The van der Waals surface area contributed by atoms with Crippen LogP contribution in [0, 0.1) is 18.8 Å². The van der Waals surface area contributed by atoms with Gasteiger partial charge in [0.1, 0.15) is 15.6 Å². The number of likely N-dealkylation sites (tertiary alicyclic amines) is 1. The number of benzene rings is 1. The molecule has 26 heavy (non-hydrogen) atoms. The number of rotatable bonds is 4. The van der Waals surface area contributed by atoms with Crippen LogP contribution in [0.25, 0.3) is 10.6 Å². The number of fused-ring (bicyclic) bond motifs is 1. The molecule has 2 aromatic rings. The Morgan fingerprint density at radius 1 is 1.31 bits per heavy atom. The van der Waals surface area contributed by atoms with Crippen molar-refractivity contribution < 1.29 is 14.6 Å². The molecule has 1 aromatic heterocycles. The Morgan fingerprint density at radius 3 is 2.77 bits per heavy atom. The number of ether oxygens (including phenoxy) is 1. The summed E-state index contributed by atoms with van der Waals surface area (Å²) in [4.78, 5) is 20.2. The number of carbonyl (C=O) groups excluding carboxylic acids is 1. The van der Waals surface area contributed by atoms with Crippen LogP contribution in [-0.2, 0) is 0 Å². The molecular formula is C20H24N2O3S. The van der Waals surface area contributed by atoms with Crippen molar-refractivity contribution in [1.29, 1.82) is 0 Å². The van der Waals surface area contributed by atoms with Crippen LogP contribution in [0.15, 0.2) is 24.3 Å². The van der Waals surface area contributed by atoms with Gasteiger partial charge in [0.2, 0.25) is 0 Å². The Kier molecular flexibility index (Phi) is 4.71. The highest BCUT2D eigenvalue weighted by molar-refractivity contribution is 7.17. The first-order valence-electron chi connectivity index (χ1n) is 9.24. The summed E-state index contributed by atoms with van der Waals surface area (Å²) in [5.41, 5.74) is 1.77. The van der Waals surface area contributed by atoms with Gasteiger partial charge in [-0.15, -0.1) is 11.3 Å². The Morgan fingerprint density at radius 2 is 2.08 bits per heavy atom. The lowest BCUT2D eigenvalue weighted by molar-refractivity contribution is 0.0756. The summed E-state index contributed by atoms with van der Waals surface area (Å²) >= 11 is 1.45. The largest absolute Gasteiger partial charge is 0.494 e. The number of carbonyl (C=O) groups is 1. The predicted octanol–water partition coefficient (Wildman–Crippen LogP) is 3.36. The average Bonchev–Trinajstić information content (AvgIpc) is 3.32. The van der Waals surface area contributed by atoms with Gasteiger partial charge in [0.05, 0.1) is 18.4 Å². The summed E-state index contributed by atoms with van der Waals surface area (Å²) in [6.45, 7) is 5.92. The van der Waals surface area contributed by atoms with Crippen LogP contribution in [0.1, 0.15) is 35.1 Å². The fourth-order valence-electron chi connectivity index (χ4n) is 4.12. The van der Waals surface area contributed by atoms with Crippen LogP contribution in [-0.4, -0.2) is 46.7 Å². The number of hydrogen-bond acceptors (Lipinski definition) is 5. The minimum atomic E-state index is -0.250. The second-order valence-electron chi connectivity index (χ2n) is 7.17. The van der Waals surface area contributed by atoms with Crippen LogP contribution in [0.2, 0.25) is 0 Å². The maximum absolute atomic E-state index is 13.0. The average molecular weight is 372 g/mol. The molecule has 1 aliphatic carbocycles. The molecule has 5 nitrogen and oxygen atoms in total. The number of hydrogen-bond donors (Lipinski definition) is 1. The first-order chi connectivity index (χ1) is 12.6. The van der Waals surface area contributed by atoms with Crippen LogP contribution in [0.3, 0.4) is 0 Å². The maximum atomic E-state index is 13.0. The van der Waals surface area contributed by atoms with Gasteiger partial charge in [-0.3, -0.25) is 4.79 Å². The van der Waals surface area contributed by atoms with Crippen molar-refractivity contribution in [3.8, 4) is 16.3 Å². The van der Waals surface area contributed by atoms with Gasteiger partial charge >= 0.3 is 0 Å². The maximum Gasteiger partial charge on any atom is 0.265 e. The van der Waals surface area contributed by atoms with Crippen molar-refractivity contribution in [1.82, 2.24) is 9.88 Å². The van der Waals surface area contributed by atoms with E-state index in [9.17, 15) is 9.90 Å². The van der Waals surface area contributed by atoms with Gasteiger partial charge in [-0.25, -0.2) is 4.98 Å². The highest BCUT2D eigenvalue weighted by Gasteiger charge is 2.43. The van der Waals surface area contributed by atoms with E-state index in [2.05, 4.69) is 4.98 Å². The van der Waals surface area contributed by atoms with Crippen molar-refractivity contribution in [3.63, 3.8) is 0 Å². The number of nitrogens with zero attached hydrogens (tertiary/aromatic N) is 2. The molecule has 1 N–H and O–H groups in total. The molecule has 2 aliphatic rings. The first-order valence-corrected chi connectivity index (χ1v) is 10.1. The summed E-state index contributed by atoms with van der Waals surface area (Å²) < 4.78 is 5.48. The van der Waals surface area contributed by atoms with Crippen LogP contribution < -0.4 is 4.74 Å². The third kappa shape index (κ3) is 3.12. The number of aryl methyl sites for hydroxylation is 1. The Balaban J connectivity index is 1.52. The van der Waals surface area contributed by atoms with Crippen LogP contribution in [0.5, 0.6) is 5.75 Å². The fourth-order valence-corrected chi connectivity index (χ4v) is 5.16. The lowest BCUT2D eigenvalue weighted by atomic mass is 10.00. The van der Waals surface area contributed by atoms with Gasteiger partial charge < -0.3 is 14.7 Å². The number of aromatic nitrogens is 1. The standard InChI is InChI=1S/C20H24N2O3S/c1-3-25-15-7-4-13(5-8-15)19-21-12(2)18(26-19)20(24)22-10-14-6-9-17(23)16(14)11-22/h4-5,7-8,14,16-17,23H,3,6,9-11H2,1-2H3/t14-,16-,17+/m0/s1. The van der Waals surface area contributed by atoms with Crippen molar-refractivity contribution in [2.24, 2.45) is 11.8 Å². The summed E-state index contributed by atoms with van der Waals surface area (Å²) in [6.07, 6.45) is 1.65. The predicted molar refractivity (Wildman–Crippen MR) is 102 cm³/mol. The van der Waals surface area contributed by atoms with Crippen LogP contribution in [0.4, 0.5) is 0 Å². The zero-order valence-electron chi connectivity index (χ0n) is 15.1. The fraction of sp³-hybridized carbons (Fsp3) is 0.500. The Labute approximate surface area is 157 Å². The molecule has 1 amide bonds. The van der Waals surface area contributed by atoms with Crippen molar-refractivity contribution in [3.05, 3.63) is 34.8 Å². The van der Waals surface area contributed by atoms with Crippen molar-refractivity contribution in [2.45, 2.75) is 32.8 Å². The molecule has 0 bridgehead atoms. The summed E-state index contributed by atoms with van der Waals surface area (Å²) in [5, 5.41) is 10.9. The molecular weight excluding hydrogens is 348 g/mol. The molecule has 0 radical (unpaired) electrons. The molecule has 0 spiro atoms. The number of thiazole rings is 1. The summed E-state index contributed by atoms with van der Waals surface area (Å²) in [6, 6.07) is 7.82. The molecule has 6 heteroatoms. The summed E-state index contributed by atoms with van der Waals surface area (Å²) in [5.74, 6) is 1.59. The number of aliphatic hydroxyl groups excluding tert-OH is 1. The topological polar surface area (TPSA) is 62.7 Å². The molecule has 2 heterocycles. The monoisotopic (exact) mass is 372 g/mol. The van der Waals surface area contributed by atoms with Gasteiger partial charge in [0.25, 0.3) is 5.91 Å². The minimum Gasteiger partial charge on any atom is -0.494 e. The minimum absolute atomic E-state index is 0.0544. The van der Waals surface area contributed by atoms with Gasteiger partial charge in [0.15, 0.2) is 0 Å². The molecule has 4 rings (SSSR count). The number of amides is 1. The van der Waals surface area contributed by atoms with Crippen molar-refractivity contribution >= 4 is 17.2 Å². The van der Waals surface area contributed by atoms with E-state index in [1.807, 2.05) is 43.0 Å². The van der Waals surface area contributed by atoms with Gasteiger partial charge in [-0.05, 0) is 56.9 Å². The SMILES string of the molecule is CCOc1ccc(-c2nc(C)c(C(=O)N3C[C@@H]4CC[C@@H](O)[C@H]4C3)s2)cc1. The van der Waals surface area contributed by atoms with Gasteiger partial charge in [-0.2, -0.15) is 0 Å². The van der Waals surface area contributed by atoms with E-state index in [4.69, 9.17) is 4.74 Å². The molecule has 2 fully saturated rings. The van der Waals surface area contributed by atoms with E-state index in [1.54, 1.807) is 0 Å². The molecule has 1 aromatic carbocycles. The molecule has 1 saturated heterocycles. The van der Waals surface area contributed by atoms with E-state index in [0.29, 0.717) is 23.9 Å². The van der Waals surface area contributed by atoms with E-state index >= 15 is 0 Å². The zero-order chi connectivity index (χ0) is 18.3. The molecule has 3 atom stereocenters. The third-order valence-corrected chi connectivity index (χ3v) is 6.70. The summed E-state index contributed by atoms with van der Waals surface area (Å²) in [7, 11) is 0. The van der Waals surface area contributed by atoms with Gasteiger partial charge in [-0.1, -0.05) is 0 Å². The van der Waals surface area contributed by atoms with E-state index < -0.39 is 0 Å². The van der Waals surface area contributed by atoms with Crippen molar-refractivity contribution in [2.75, 3.05) is 19.7 Å². The van der Waals surface area contributed by atoms with Gasteiger partial charge in [0, 0.05) is 24.6 Å². The second-order valence-corrected chi connectivity index (χ2v) is 8.17. The quantitative estimate of drug-likeness (QED) is 0.894. The van der Waals surface area contributed by atoms with Crippen LogP contribution >= 0.6 is 11.3 Å². The zero-order valence-corrected chi connectivity index (χ0v) is 16.0. The smallest absolute Gasteiger partial charge is 0.265 e. The highest BCUT2D eigenvalue weighted by atomic mass is 32.1. The van der Waals surface area contributed by atoms with E-state index in [-0.39, 0.29) is 17.9 Å². The molecule has 0 unspecified atom stereocenters.